The Kier molecular flexibility index (Phi) is 4.14. The second-order valence-electron chi connectivity index (χ2n) is 4.50. The number of aromatic carboxylic acids is 2. The largest absolute Gasteiger partial charge is 0.478 e. The third-order valence-electron chi connectivity index (χ3n) is 2.96. The van der Waals surface area contributed by atoms with Crippen LogP contribution in [0.3, 0.4) is 0 Å². The van der Waals surface area contributed by atoms with Gasteiger partial charge in [0.2, 0.25) is 0 Å². The van der Waals surface area contributed by atoms with E-state index in [1.54, 1.807) is 0 Å². The summed E-state index contributed by atoms with van der Waals surface area (Å²) in [4.78, 5) is 40.2. The zero-order chi connectivity index (χ0) is 16.5. The molecule has 0 aliphatic rings. The molecule has 2 rings (SSSR count). The summed E-state index contributed by atoms with van der Waals surface area (Å²) in [7, 11) is -4.37. The second kappa shape index (κ2) is 5.73. The van der Waals surface area contributed by atoms with Crippen molar-refractivity contribution in [1.29, 1.82) is 0 Å². The Morgan fingerprint density at radius 1 is 0.773 bits per heavy atom. The van der Waals surface area contributed by atoms with Crippen LogP contribution in [0.4, 0.5) is 0 Å². The number of carboxylic acid groups (broad SMARTS) is 2. The molecule has 2 aromatic carbocycles. The summed E-state index contributed by atoms with van der Waals surface area (Å²) in [5.74, 6) is -2.53. The van der Waals surface area contributed by atoms with Gasteiger partial charge in [-0.2, -0.15) is 0 Å². The van der Waals surface area contributed by atoms with Crippen LogP contribution < -0.4 is 5.30 Å². The van der Waals surface area contributed by atoms with Crippen LogP contribution in [0.1, 0.15) is 20.7 Å². The fraction of sp³-hybridized carbons (Fsp3) is 0. The molecule has 0 aliphatic heterocycles. The summed E-state index contributed by atoms with van der Waals surface area (Å²) in [5, 5.41) is 17.9. The van der Waals surface area contributed by atoms with E-state index in [2.05, 4.69) is 0 Å². The average Bonchev–Trinajstić information content (AvgIpc) is 2.46. The van der Waals surface area contributed by atoms with Crippen LogP contribution in [0.5, 0.6) is 0 Å². The molecule has 0 unspecified atom stereocenters. The molecule has 0 bridgehead atoms. The van der Waals surface area contributed by atoms with Gasteiger partial charge >= 0.3 is 19.5 Å². The number of hydrogen-bond acceptors (Lipinski definition) is 3. The third-order valence-corrected chi connectivity index (χ3v) is 3.93. The molecule has 4 N–H and O–H groups in total. The van der Waals surface area contributed by atoms with Crippen LogP contribution in [0.15, 0.2) is 42.5 Å². The zero-order valence-corrected chi connectivity index (χ0v) is 11.9. The first-order valence-electron chi connectivity index (χ1n) is 5.97. The number of rotatable bonds is 4. The van der Waals surface area contributed by atoms with E-state index in [0.29, 0.717) is 11.1 Å². The van der Waals surface area contributed by atoms with Crippen molar-refractivity contribution in [2.75, 3.05) is 0 Å². The normalized spacial score (nSPS) is 11.2. The molecule has 2 aromatic rings. The molecule has 22 heavy (non-hydrogen) atoms. The molecule has 0 fully saturated rings. The Morgan fingerprint density at radius 3 is 1.59 bits per heavy atom. The van der Waals surface area contributed by atoms with E-state index >= 15 is 0 Å². The maximum Gasteiger partial charge on any atom is 0.356 e. The van der Waals surface area contributed by atoms with E-state index in [1.165, 1.54) is 36.4 Å². The van der Waals surface area contributed by atoms with E-state index in [1.807, 2.05) is 0 Å². The highest BCUT2D eigenvalue weighted by Gasteiger charge is 2.17. The fourth-order valence-corrected chi connectivity index (χ4v) is 2.43. The van der Waals surface area contributed by atoms with Gasteiger partial charge < -0.3 is 20.0 Å². The lowest BCUT2D eigenvalue weighted by atomic mass is 10.00. The van der Waals surface area contributed by atoms with Crippen molar-refractivity contribution in [3.8, 4) is 11.1 Å². The lowest BCUT2D eigenvalue weighted by Gasteiger charge is -2.08. The molecular weight excluding hydrogens is 311 g/mol. The summed E-state index contributed by atoms with van der Waals surface area (Å²) in [6.45, 7) is 0. The van der Waals surface area contributed by atoms with Gasteiger partial charge in [-0.1, -0.05) is 12.1 Å². The van der Waals surface area contributed by atoms with Gasteiger partial charge in [0.05, 0.1) is 16.4 Å². The van der Waals surface area contributed by atoms with Gasteiger partial charge in [0, 0.05) is 0 Å². The van der Waals surface area contributed by atoms with Crippen LogP contribution in [0.25, 0.3) is 11.1 Å². The van der Waals surface area contributed by atoms with Gasteiger partial charge in [-0.15, -0.1) is 0 Å². The monoisotopic (exact) mass is 322 g/mol. The minimum atomic E-state index is -4.37. The first-order chi connectivity index (χ1) is 10.2. The number of carbonyl (C=O) groups is 2. The van der Waals surface area contributed by atoms with Crippen molar-refractivity contribution < 1.29 is 34.2 Å². The van der Waals surface area contributed by atoms with Crippen LogP contribution >= 0.6 is 7.60 Å². The average molecular weight is 322 g/mol. The Hall–Kier alpha value is -2.47. The number of carboxylic acids is 2. The van der Waals surface area contributed by atoms with Gasteiger partial charge in [-0.05, 0) is 41.5 Å². The summed E-state index contributed by atoms with van der Waals surface area (Å²) >= 11 is 0. The van der Waals surface area contributed by atoms with Crippen LogP contribution in [-0.2, 0) is 4.57 Å². The van der Waals surface area contributed by atoms with E-state index in [9.17, 15) is 14.2 Å². The summed E-state index contributed by atoms with van der Waals surface area (Å²) in [5.41, 5.74) is 0.403. The first-order valence-corrected chi connectivity index (χ1v) is 7.58. The molecule has 0 saturated heterocycles. The summed E-state index contributed by atoms with van der Waals surface area (Å²) in [6, 6.07) is 8.83. The Morgan fingerprint density at radius 2 is 1.23 bits per heavy atom. The highest BCUT2D eigenvalue weighted by atomic mass is 31.2. The summed E-state index contributed by atoms with van der Waals surface area (Å²) < 4.78 is 11.1. The highest BCUT2D eigenvalue weighted by molar-refractivity contribution is 7.60. The topological polar surface area (TPSA) is 132 Å². The Labute approximate surface area is 124 Å². The molecule has 0 spiro atoms. The van der Waals surface area contributed by atoms with E-state index in [-0.39, 0.29) is 16.4 Å². The predicted molar refractivity (Wildman–Crippen MR) is 77.5 cm³/mol. The van der Waals surface area contributed by atoms with Crippen molar-refractivity contribution in [1.82, 2.24) is 0 Å². The number of benzene rings is 2. The van der Waals surface area contributed by atoms with Gasteiger partial charge in [-0.3, -0.25) is 4.57 Å². The minimum Gasteiger partial charge on any atom is -0.478 e. The zero-order valence-electron chi connectivity index (χ0n) is 11.0. The number of hydrogen-bond donors (Lipinski definition) is 4. The maximum absolute atomic E-state index is 11.1. The van der Waals surface area contributed by atoms with Crippen molar-refractivity contribution in [3.05, 3.63) is 53.6 Å². The molecule has 0 aromatic heterocycles. The molecule has 0 radical (unpaired) electrons. The fourth-order valence-electron chi connectivity index (χ4n) is 1.89. The third kappa shape index (κ3) is 3.40. The van der Waals surface area contributed by atoms with Crippen LogP contribution in [-0.4, -0.2) is 31.9 Å². The highest BCUT2D eigenvalue weighted by Crippen LogP contribution is 2.34. The van der Waals surface area contributed by atoms with Gasteiger partial charge in [0.1, 0.15) is 0 Å². The van der Waals surface area contributed by atoms with Crippen molar-refractivity contribution >= 4 is 24.8 Å². The van der Waals surface area contributed by atoms with E-state index in [0.717, 1.165) is 6.07 Å². The predicted octanol–water partition coefficient (Wildman–Crippen LogP) is 1.55. The first kappa shape index (κ1) is 15.9. The minimum absolute atomic E-state index is 0.177. The lowest BCUT2D eigenvalue weighted by molar-refractivity contribution is 0.0696. The van der Waals surface area contributed by atoms with Crippen molar-refractivity contribution in [2.45, 2.75) is 0 Å². The molecule has 0 amide bonds. The quantitative estimate of drug-likeness (QED) is 0.628. The molecule has 0 atom stereocenters. The summed E-state index contributed by atoms with van der Waals surface area (Å²) in [6.07, 6.45) is 0. The van der Waals surface area contributed by atoms with Crippen LogP contribution in [0, 0.1) is 0 Å². The van der Waals surface area contributed by atoms with Gasteiger partial charge in [-0.25, -0.2) is 9.59 Å². The molecule has 0 saturated carbocycles. The van der Waals surface area contributed by atoms with Crippen molar-refractivity contribution in [3.63, 3.8) is 0 Å². The van der Waals surface area contributed by atoms with Crippen molar-refractivity contribution in [2.24, 2.45) is 0 Å². The van der Waals surface area contributed by atoms with Gasteiger partial charge in [0.15, 0.2) is 0 Å². The molecule has 7 nitrogen and oxygen atoms in total. The van der Waals surface area contributed by atoms with E-state index < -0.39 is 19.5 Å². The molecule has 8 heteroatoms. The van der Waals surface area contributed by atoms with Gasteiger partial charge in [0.25, 0.3) is 0 Å². The SMILES string of the molecule is O=C(O)c1cc(C(=O)O)cc(-c2ccc(P(=O)(O)O)cc2)c1. The smallest absolute Gasteiger partial charge is 0.356 e. The molecular formula is C14H11O7P. The van der Waals surface area contributed by atoms with Crippen LogP contribution in [0.2, 0.25) is 0 Å². The standard InChI is InChI=1S/C14H11O7P/c15-13(16)10-5-9(6-11(7-10)14(17)18)8-1-3-12(4-2-8)22(19,20)21/h1-7H,(H,15,16)(H,17,18)(H2,19,20,21). The molecule has 0 aliphatic carbocycles. The lowest BCUT2D eigenvalue weighted by Crippen LogP contribution is -2.04. The molecule has 114 valence electrons. The second-order valence-corrected chi connectivity index (χ2v) is 6.10. The molecule has 0 heterocycles. The maximum atomic E-state index is 11.1. The Bertz CT molecular complexity index is 757. The van der Waals surface area contributed by atoms with E-state index in [4.69, 9.17) is 20.0 Å². The Balaban J connectivity index is 2.54.